The average molecular weight is 205 g/mol. The molecule has 0 saturated heterocycles. The Bertz CT molecular complexity index is 324. The summed E-state index contributed by atoms with van der Waals surface area (Å²) in [5, 5.41) is 12.2. The maximum atomic E-state index is 8.83. The molecule has 2 N–H and O–H groups in total. The summed E-state index contributed by atoms with van der Waals surface area (Å²) in [7, 11) is 0. The highest BCUT2D eigenvalue weighted by molar-refractivity contribution is 5.34. The van der Waals surface area contributed by atoms with Crippen molar-refractivity contribution in [2.24, 2.45) is 0 Å². The topological polar surface area (TPSA) is 32.3 Å². The van der Waals surface area contributed by atoms with E-state index in [0.29, 0.717) is 18.5 Å². The van der Waals surface area contributed by atoms with Crippen molar-refractivity contribution in [2.75, 3.05) is 13.2 Å². The Kier molecular flexibility index (Phi) is 3.39. The van der Waals surface area contributed by atoms with Gasteiger partial charge in [-0.05, 0) is 29.9 Å². The Morgan fingerprint density at radius 2 is 2.00 bits per heavy atom. The molecule has 2 rings (SSSR count). The van der Waals surface area contributed by atoms with Crippen LogP contribution in [0, 0.1) is 0 Å². The number of hydrogen-bond donors (Lipinski definition) is 2. The highest BCUT2D eigenvalue weighted by Crippen LogP contribution is 2.36. The number of aliphatic hydroxyl groups excluding tert-OH is 1. The van der Waals surface area contributed by atoms with Crippen molar-refractivity contribution in [2.45, 2.75) is 31.7 Å². The molecule has 1 aliphatic rings. The highest BCUT2D eigenvalue weighted by atomic mass is 16.3. The fourth-order valence-electron chi connectivity index (χ4n) is 2.46. The predicted molar refractivity (Wildman–Crippen MR) is 61.9 cm³/mol. The second kappa shape index (κ2) is 4.77. The molecule has 2 nitrogen and oxygen atoms in total. The Morgan fingerprint density at radius 3 is 2.73 bits per heavy atom. The molecule has 15 heavy (non-hydrogen) atoms. The number of hydrogen-bond acceptors (Lipinski definition) is 2. The van der Waals surface area contributed by atoms with Gasteiger partial charge in [0.15, 0.2) is 0 Å². The minimum absolute atomic E-state index is 0.216. The maximum Gasteiger partial charge on any atom is 0.0556 e. The lowest BCUT2D eigenvalue weighted by Crippen LogP contribution is -2.28. The third-order valence-corrected chi connectivity index (χ3v) is 3.29. The number of fused-ring (bicyclic) bond motifs is 1. The second-order valence-electron chi connectivity index (χ2n) is 4.34. The van der Waals surface area contributed by atoms with Crippen molar-refractivity contribution in [3.8, 4) is 0 Å². The van der Waals surface area contributed by atoms with Crippen LogP contribution < -0.4 is 5.32 Å². The summed E-state index contributed by atoms with van der Waals surface area (Å²) >= 11 is 0. The van der Waals surface area contributed by atoms with Crippen molar-refractivity contribution in [3.05, 3.63) is 35.4 Å². The Morgan fingerprint density at radius 1 is 1.27 bits per heavy atom. The smallest absolute Gasteiger partial charge is 0.0556 e. The van der Waals surface area contributed by atoms with Crippen molar-refractivity contribution in [3.63, 3.8) is 0 Å². The maximum absolute atomic E-state index is 8.83. The summed E-state index contributed by atoms with van der Waals surface area (Å²) in [6, 6.07) is 9.09. The molecule has 1 aliphatic carbocycles. The molecule has 0 spiro atoms. The minimum Gasteiger partial charge on any atom is -0.395 e. The first kappa shape index (κ1) is 10.7. The van der Waals surface area contributed by atoms with Gasteiger partial charge in [0.1, 0.15) is 0 Å². The van der Waals surface area contributed by atoms with Crippen LogP contribution in [0.25, 0.3) is 0 Å². The van der Waals surface area contributed by atoms with Gasteiger partial charge in [-0.3, -0.25) is 0 Å². The van der Waals surface area contributed by atoms with Crippen molar-refractivity contribution >= 4 is 0 Å². The number of aliphatic hydroxyl groups is 1. The molecule has 0 aliphatic heterocycles. The van der Waals surface area contributed by atoms with Gasteiger partial charge in [-0.25, -0.2) is 0 Å². The SMILES string of the molecule is C[C@H]1CC[C@@H](NCCO)c2ccccc21. The number of rotatable bonds is 3. The third-order valence-electron chi connectivity index (χ3n) is 3.29. The van der Waals surface area contributed by atoms with Gasteiger partial charge in [-0.15, -0.1) is 0 Å². The van der Waals surface area contributed by atoms with Gasteiger partial charge in [0.05, 0.1) is 6.61 Å². The molecule has 0 fully saturated rings. The largest absolute Gasteiger partial charge is 0.395 e. The molecule has 0 unspecified atom stereocenters. The van der Waals surface area contributed by atoms with E-state index in [-0.39, 0.29) is 6.61 Å². The predicted octanol–water partition coefficient (Wildman–Crippen LogP) is 2.21. The summed E-state index contributed by atoms with van der Waals surface area (Å²) in [6.45, 7) is 3.20. The average Bonchev–Trinajstić information content (AvgIpc) is 2.29. The lowest BCUT2D eigenvalue weighted by atomic mass is 9.81. The molecule has 0 aromatic heterocycles. The van der Waals surface area contributed by atoms with Crippen LogP contribution >= 0.6 is 0 Å². The van der Waals surface area contributed by atoms with E-state index in [9.17, 15) is 0 Å². The van der Waals surface area contributed by atoms with E-state index >= 15 is 0 Å². The zero-order valence-corrected chi connectivity index (χ0v) is 9.24. The molecule has 0 saturated carbocycles. The Hall–Kier alpha value is -0.860. The van der Waals surface area contributed by atoms with Crippen molar-refractivity contribution in [1.29, 1.82) is 0 Å². The monoisotopic (exact) mass is 205 g/mol. The van der Waals surface area contributed by atoms with Gasteiger partial charge in [0, 0.05) is 12.6 Å². The van der Waals surface area contributed by atoms with Gasteiger partial charge in [-0.2, -0.15) is 0 Å². The van der Waals surface area contributed by atoms with Gasteiger partial charge < -0.3 is 10.4 Å². The van der Waals surface area contributed by atoms with Crippen LogP contribution in [-0.2, 0) is 0 Å². The van der Waals surface area contributed by atoms with Crippen molar-refractivity contribution < 1.29 is 5.11 Å². The standard InChI is InChI=1S/C13H19NO/c1-10-6-7-13(14-8-9-15)12-5-3-2-4-11(10)12/h2-5,10,13-15H,6-9H2,1H3/t10-,13+/m0/s1. The van der Waals surface area contributed by atoms with Gasteiger partial charge in [0.2, 0.25) is 0 Å². The van der Waals surface area contributed by atoms with Crippen LogP contribution in [0.1, 0.15) is 42.9 Å². The molecular weight excluding hydrogens is 186 g/mol. The lowest BCUT2D eigenvalue weighted by molar-refractivity contribution is 0.279. The first-order chi connectivity index (χ1) is 7.33. The van der Waals surface area contributed by atoms with Crippen LogP contribution in [-0.4, -0.2) is 18.3 Å². The van der Waals surface area contributed by atoms with Crippen LogP contribution in [0.4, 0.5) is 0 Å². The van der Waals surface area contributed by atoms with Gasteiger partial charge in [0.25, 0.3) is 0 Å². The van der Waals surface area contributed by atoms with Crippen LogP contribution in [0.5, 0.6) is 0 Å². The Labute approximate surface area is 91.3 Å². The van der Waals surface area contributed by atoms with E-state index in [1.807, 2.05) is 0 Å². The molecule has 1 aromatic rings. The Balaban J connectivity index is 2.20. The molecule has 0 heterocycles. The fraction of sp³-hybridized carbons (Fsp3) is 0.538. The molecule has 2 atom stereocenters. The first-order valence-corrected chi connectivity index (χ1v) is 5.76. The third kappa shape index (κ3) is 2.21. The lowest BCUT2D eigenvalue weighted by Gasteiger charge is -2.30. The van der Waals surface area contributed by atoms with E-state index < -0.39 is 0 Å². The summed E-state index contributed by atoms with van der Waals surface area (Å²) in [5.41, 5.74) is 2.89. The fourth-order valence-corrected chi connectivity index (χ4v) is 2.46. The van der Waals surface area contributed by atoms with E-state index in [1.54, 1.807) is 0 Å². The molecule has 82 valence electrons. The van der Waals surface area contributed by atoms with Crippen LogP contribution in [0.15, 0.2) is 24.3 Å². The highest BCUT2D eigenvalue weighted by Gasteiger charge is 2.23. The molecular formula is C13H19NO. The molecule has 2 heteroatoms. The van der Waals surface area contributed by atoms with E-state index in [4.69, 9.17) is 5.11 Å². The van der Waals surface area contributed by atoms with E-state index in [2.05, 4.69) is 36.5 Å². The summed E-state index contributed by atoms with van der Waals surface area (Å²) in [6.07, 6.45) is 2.41. The number of nitrogens with one attached hydrogen (secondary N) is 1. The van der Waals surface area contributed by atoms with Crippen molar-refractivity contribution in [1.82, 2.24) is 5.32 Å². The van der Waals surface area contributed by atoms with Crippen LogP contribution in [0.3, 0.4) is 0 Å². The van der Waals surface area contributed by atoms with Gasteiger partial charge >= 0.3 is 0 Å². The molecule has 1 aromatic carbocycles. The van der Waals surface area contributed by atoms with Crippen LogP contribution in [0.2, 0.25) is 0 Å². The van der Waals surface area contributed by atoms with E-state index in [0.717, 1.165) is 0 Å². The first-order valence-electron chi connectivity index (χ1n) is 5.76. The molecule has 0 radical (unpaired) electrons. The molecule has 0 bridgehead atoms. The summed E-state index contributed by atoms with van der Waals surface area (Å²) in [4.78, 5) is 0. The number of benzene rings is 1. The second-order valence-corrected chi connectivity index (χ2v) is 4.34. The van der Waals surface area contributed by atoms with E-state index in [1.165, 1.54) is 24.0 Å². The zero-order chi connectivity index (χ0) is 10.7. The minimum atomic E-state index is 0.216. The summed E-state index contributed by atoms with van der Waals surface area (Å²) in [5.74, 6) is 0.674. The quantitative estimate of drug-likeness (QED) is 0.793. The summed E-state index contributed by atoms with van der Waals surface area (Å²) < 4.78 is 0. The van der Waals surface area contributed by atoms with Gasteiger partial charge in [-0.1, -0.05) is 31.2 Å². The molecule has 0 amide bonds. The normalized spacial score (nSPS) is 24.9. The zero-order valence-electron chi connectivity index (χ0n) is 9.24.